The highest BCUT2D eigenvalue weighted by Crippen LogP contribution is 2.40. The van der Waals surface area contributed by atoms with Gasteiger partial charge in [0.25, 0.3) is 0 Å². The fourth-order valence-corrected chi connectivity index (χ4v) is 5.21. The number of ether oxygens (including phenoxy) is 5. The van der Waals surface area contributed by atoms with Crippen LogP contribution in [0.4, 0.5) is 5.69 Å². The van der Waals surface area contributed by atoms with Gasteiger partial charge < -0.3 is 28.6 Å². The maximum absolute atomic E-state index is 6.34. The van der Waals surface area contributed by atoms with Crippen LogP contribution in [0.2, 0.25) is 0 Å². The second-order valence-corrected chi connectivity index (χ2v) is 9.50. The Morgan fingerprint density at radius 2 is 1.54 bits per heavy atom. The minimum atomic E-state index is 0.0742. The van der Waals surface area contributed by atoms with E-state index in [2.05, 4.69) is 34.1 Å². The predicted octanol–water partition coefficient (Wildman–Crippen LogP) is 4.81. The largest absolute Gasteiger partial charge is 0.497 e. The summed E-state index contributed by atoms with van der Waals surface area (Å²) in [5, 5.41) is 0. The van der Waals surface area contributed by atoms with Gasteiger partial charge in [-0.1, -0.05) is 24.3 Å². The summed E-state index contributed by atoms with van der Waals surface area (Å²) in [6.07, 6.45) is 1.27. The van der Waals surface area contributed by atoms with Crippen LogP contribution in [0.25, 0.3) is 0 Å². The molecule has 0 N–H and O–H groups in total. The third-order valence-electron chi connectivity index (χ3n) is 7.38. The summed E-state index contributed by atoms with van der Waals surface area (Å²) in [6.45, 7) is 3.82. The highest BCUT2D eigenvalue weighted by molar-refractivity contribution is 5.61. The van der Waals surface area contributed by atoms with E-state index in [1.807, 2.05) is 48.5 Å². The summed E-state index contributed by atoms with van der Waals surface area (Å²) in [5.74, 6) is 3.42. The second kappa shape index (κ2) is 11.8. The molecular weight excluding hydrogens is 468 g/mol. The van der Waals surface area contributed by atoms with Gasteiger partial charge in [0.1, 0.15) is 36.2 Å². The number of rotatable bonds is 10. The fraction of sp³-hybridized carbons (Fsp3) is 0.400. The van der Waals surface area contributed by atoms with Crippen LogP contribution in [-0.4, -0.2) is 71.2 Å². The first-order valence-electron chi connectivity index (χ1n) is 12.8. The third-order valence-corrected chi connectivity index (χ3v) is 7.38. The standard InChI is InChI=1S/C30H36N2O5/c1-33-24-10-8-22(9-11-24)29-21-37-30-7-5-4-6-28(30)32(29)18-23(31-17-16-27(19-31)35-3)20-36-26-14-12-25(34-2)13-15-26/h4-15,23,27,29H,16-21H2,1-3H3. The number of methoxy groups -OCH3 is 3. The molecule has 0 aromatic heterocycles. The van der Waals surface area contributed by atoms with Crippen LogP contribution >= 0.6 is 0 Å². The van der Waals surface area contributed by atoms with Crippen molar-refractivity contribution in [3.05, 3.63) is 78.4 Å². The summed E-state index contributed by atoms with van der Waals surface area (Å²) < 4.78 is 28.9. The number of hydrogen-bond acceptors (Lipinski definition) is 7. The number of anilines is 1. The zero-order chi connectivity index (χ0) is 25.6. The molecule has 196 valence electrons. The quantitative estimate of drug-likeness (QED) is 0.393. The molecule has 2 heterocycles. The third kappa shape index (κ3) is 5.78. The molecule has 2 aliphatic rings. The van der Waals surface area contributed by atoms with Crippen molar-refractivity contribution in [3.8, 4) is 23.0 Å². The Kier molecular flexibility index (Phi) is 8.02. The molecule has 0 aliphatic carbocycles. The van der Waals surface area contributed by atoms with E-state index in [1.54, 1.807) is 21.3 Å². The maximum Gasteiger partial charge on any atom is 0.142 e. The first-order valence-corrected chi connectivity index (χ1v) is 12.8. The van der Waals surface area contributed by atoms with Crippen LogP contribution in [0.1, 0.15) is 18.0 Å². The molecule has 7 heteroatoms. The van der Waals surface area contributed by atoms with Crippen molar-refractivity contribution in [1.29, 1.82) is 0 Å². The van der Waals surface area contributed by atoms with Crippen molar-refractivity contribution < 1.29 is 23.7 Å². The summed E-state index contributed by atoms with van der Waals surface area (Å²) in [5.41, 5.74) is 2.30. The molecule has 0 spiro atoms. The Bertz CT molecular complexity index is 1140. The number of hydrogen-bond donors (Lipinski definition) is 0. The number of fused-ring (bicyclic) bond motifs is 1. The number of likely N-dealkylation sites (tertiary alicyclic amines) is 1. The summed E-state index contributed by atoms with van der Waals surface area (Å²) in [7, 11) is 5.16. The van der Waals surface area contributed by atoms with Gasteiger partial charge in [-0.05, 0) is 60.5 Å². The van der Waals surface area contributed by atoms with E-state index >= 15 is 0 Å². The van der Waals surface area contributed by atoms with E-state index in [1.165, 1.54) is 5.56 Å². The minimum Gasteiger partial charge on any atom is -0.497 e. The average Bonchev–Trinajstić information content (AvgIpc) is 3.45. The molecule has 0 radical (unpaired) electrons. The highest BCUT2D eigenvalue weighted by Gasteiger charge is 2.35. The van der Waals surface area contributed by atoms with E-state index in [-0.39, 0.29) is 18.2 Å². The smallest absolute Gasteiger partial charge is 0.142 e. The normalized spacial score (nSPS) is 20.1. The van der Waals surface area contributed by atoms with Crippen molar-refractivity contribution in [3.63, 3.8) is 0 Å². The number of benzene rings is 3. The molecule has 2 aliphatic heterocycles. The van der Waals surface area contributed by atoms with Crippen LogP contribution in [0.3, 0.4) is 0 Å². The van der Waals surface area contributed by atoms with Gasteiger partial charge in [-0.15, -0.1) is 0 Å². The zero-order valence-corrected chi connectivity index (χ0v) is 21.8. The first kappa shape index (κ1) is 25.2. The monoisotopic (exact) mass is 504 g/mol. The van der Waals surface area contributed by atoms with Crippen molar-refractivity contribution in [2.75, 3.05) is 59.1 Å². The molecule has 3 aromatic rings. The molecule has 5 rings (SSSR count). The van der Waals surface area contributed by atoms with E-state index in [0.717, 1.165) is 54.7 Å². The highest BCUT2D eigenvalue weighted by atomic mass is 16.5. The van der Waals surface area contributed by atoms with Gasteiger partial charge in [0.15, 0.2) is 0 Å². The lowest BCUT2D eigenvalue weighted by Gasteiger charge is -2.42. The van der Waals surface area contributed by atoms with Crippen molar-refractivity contribution in [1.82, 2.24) is 4.90 Å². The van der Waals surface area contributed by atoms with E-state index in [4.69, 9.17) is 23.7 Å². The van der Waals surface area contributed by atoms with Gasteiger partial charge in [0.05, 0.1) is 38.1 Å². The van der Waals surface area contributed by atoms with Crippen molar-refractivity contribution in [2.24, 2.45) is 0 Å². The van der Waals surface area contributed by atoms with E-state index in [0.29, 0.717) is 13.2 Å². The predicted molar refractivity (Wildman–Crippen MR) is 144 cm³/mol. The molecule has 3 atom stereocenters. The van der Waals surface area contributed by atoms with Gasteiger partial charge in [0, 0.05) is 26.7 Å². The molecule has 3 unspecified atom stereocenters. The zero-order valence-electron chi connectivity index (χ0n) is 21.8. The van der Waals surface area contributed by atoms with Crippen molar-refractivity contribution in [2.45, 2.75) is 24.6 Å². The Morgan fingerprint density at radius 1 is 0.865 bits per heavy atom. The van der Waals surface area contributed by atoms with Crippen LogP contribution in [0.15, 0.2) is 72.8 Å². The molecule has 0 amide bonds. The molecule has 7 nitrogen and oxygen atoms in total. The van der Waals surface area contributed by atoms with Crippen LogP contribution in [0.5, 0.6) is 23.0 Å². The molecule has 3 aromatic carbocycles. The number of nitrogens with zero attached hydrogens (tertiary/aromatic N) is 2. The van der Waals surface area contributed by atoms with Gasteiger partial charge in [0.2, 0.25) is 0 Å². The Balaban J connectivity index is 1.42. The maximum atomic E-state index is 6.34. The summed E-state index contributed by atoms with van der Waals surface area (Å²) >= 11 is 0. The number of para-hydroxylation sites is 2. The molecule has 0 bridgehead atoms. The molecule has 1 fully saturated rings. The Labute approximate surface area is 219 Å². The second-order valence-electron chi connectivity index (χ2n) is 9.50. The molecule has 37 heavy (non-hydrogen) atoms. The Morgan fingerprint density at radius 3 is 2.22 bits per heavy atom. The van der Waals surface area contributed by atoms with Crippen LogP contribution in [0, 0.1) is 0 Å². The lowest BCUT2D eigenvalue weighted by atomic mass is 10.0. The van der Waals surface area contributed by atoms with Gasteiger partial charge >= 0.3 is 0 Å². The lowest BCUT2D eigenvalue weighted by Crippen LogP contribution is -2.49. The first-order chi connectivity index (χ1) is 18.2. The van der Waals surface area contributed by atoms with Gasteiger partial charge in [-0.3, -0.25) is 4.90 Å². The molecular formula is C30H36N2O5. The summed E-state index contributed by atoms with van der Waals surface area (Å²) in [4.78, 5) is 4.98. The molecule has 1 saturated heterocycles. The average molecular weight is 505 g/mol. The van der Waals surface area contributed by atoms with Crippen molar-refractivity contribution >= 4 is 5.69 Å². The lowest BCUT2D eigenvalue weighted by molar-refractivity contribution is 0.0916. The van der Waals surface area contributed by atoms with Crippen LogP contribution in [-0.2, 0) is 4.74 Å². The van der Waals surface area contributed by atoms with Gasteiger partial charge in [-0.25, -0.2) is 0 Å². The van der Waals surface area contributed by atoms with Gasteiger partial charge in [-0.2, -0.15) is 0 Å². The minimum absolute atomic E-state index is 0.0742. The van der Waals surface area contributed by atoms with Crippen LogP contribution < -0.4 is 23.8 Å². The SMILES string of the molecule is COc1ccc(OCC(CN2c3ccccc3OCC2c2ccc(OC)cc2)N2CCC(OC)C2)cc1. The summed E-state index contributed by atoms with van der Waals surface area (Å²) in [6, 6.07) is 24.6. The fourth-order valence-electron chi connectivity index (χ4n) is 5.21. The molecule has 0 saturated carbocycles. The topological polar surface area (TPSA) is 52.6 Å². The van der Waals surface area contributed by atoms with E-state index in [9.17, 15) is 0 Å². The Hall–Kier alpha value is -3.42. The van der Waals surface area contributed by atoms with E-state index < -0.39 is 0 Å².